The highest BCUT2D eigenvalue weighted by Gasteiger charge is 2.29. The van der Waals surface area contributed by atoms with Crippen LogP contribution in [0.15, 0.2) is 60.2 Å². The number of fused-ring (bicyclic) bond motifs is 1. The zero-order chi connectivity index (χ0) is 15.4. The highest BCUT2D eigenvalue weighted by molar-refractivity contribution is 5.78. The van der Waals surface area contributed by atoms with E-state index in [1.807, 2.05) is 0 Å². The number of benzene rings is 2. The molecule has 0 N–H and O–H groups in total. The van der Waals surface area contributed by atoms with Crippen molar-refractivity contribution < 1.29 is 0 Å². The van der Waals surface area contributed by atoms with Crippen LogP contribution < -0.4 is 0 Å². The first-order valence-corrected chi connectivity index (χ1v) is 8.70. The van der Waals surface area contributed by atoms with Crippen LogP contribution in [0.5, 0.6) is 0 Å². The third-order valence-electron chi connectivity index (χ3n) is 4.77. The Morgan fingerprint density at radius 3 is 2.18 bits per heavy atom. The molecule has 0 heterocycles. The second-order valence-electron chi connectivity index (χ2n) is 6.33. The van der Waals surface area contributed by atoms with E-state index >= 15 is 0 Å². The molecule has 0 nitrogen and oxygen atoms in total. The summed E-state index contributed by atoms with van der Waals surface area (Å²) in [5.41, 5.74) is 7.87. The molecule has 0 amide bonds. The van der Waals surface area contributed by atoms with Gasteiger partial charge < -0.3 is 0 Å². The Bertz CT molecular complexity index is 649. The zero-order valence-corrected chi connectivity index (χ0v) is 13.8. The summed E-state index contributed by atoms with van der Waals surface area (Å²) in [4.78, 5) is 0. The summed E-state index contributed by atoms with van der Waals surface area (Å²) >= 11 is 0. The normalized spacial score (nSPS) is 16.9. The number of allylic oxidation sites excluding steroid dienone is 2. The predicted octanol–water partition coefficient (Wildman–Crippen LogP) is 6.38. The maximum Gasteiger partial charge on any atom is 0.0101 e. The molecule has 1 unspecified atom stereocenters. The van der Waals surface area contributed by atoms with Gasteiger partial charge in [0.15, 0.2) is 0 Å². The monoisotopic (exact) mass is 290 g/mol. The molecule has 0 aromatic heterocycles. The molecule has 0 saturated carbocycles. The Hall–Kier alpha value is -1.82. The highest BCUT2D eigenvalue weighted by Crippen LogP contribution is 2.47. The van der Waals surface area contributed by atoms with Gasteiger partial charge in [0.05, 0.1) is 0 Å². The van der Waals surface area contributed by atoms with Crippen molar-refractivity contribution in [1.82, 2.24) is 0 Å². The van der Waals surface area contributed by atoms with Gasteiger partial charge in [-0.3, -0.25) is 0 Å². The summed E-state index contributed by atoms with van der Waals surface area (Å²) in [6.45, 7) is 4.60. The molecule has 1 aliphatic carbocycles. The first-order valence-electron chi connectivity index (χ1n) is 8.70. The Morgan fingerprint density at radius 2 is 1.45 bits per heavy atom. The zero-order valence-electron chi connectivity index (χ0n) is 13.8. The topological polar surface area (TPSA) is 0 Å². The van der Waals surface area contributed by atoms with E-state index in [1.54, 1.807) is 16.7 Å². The highest BCUT2D eigenvalue weighted by atomic mass is 14.3. The molecule has 0 radical (unpaired) electrons. The minimum atomic E-state index is 0.583. The largest absolute Gasteiger partial charge is 0.0651 e. The molecular formula is C22H26. The Labute approximate surface area is 134 Å². The minimum Gasteiger partial charge on any atom is -0.0651 e. The molecule has 0 heteroatoms. The van der Waals surface area contributed by atoms with Gasteiger partial charge in [-0.1, -0.05) is 86.9 Å². The lowest BCUT2D eigenvalue weighted by Gasteiger charge is -2.17. The fraction of sp³-hybridized carbons (Fsp3) is 0.364. The summed E-state index contributed by atoms with van der Waals surface area (Å²) in [7, 11) is 0. The van der Waals surface area contributed by atoms with Gasteiger partial charge in [0.1, 0.15) is 0 Å². The van der Waals surface area contributed by atoms with E-state index in [0.717, 1.165) is 6.42 Å². The maximum atomic E-state index is 2.35. The third-order valence-corrected chi connectivity index (χ3v) is 4.77. The van der Waals surface area contributed by atoms with Gasteiger partial charge in [-0.25, -0.2) is 0 Å². The van der Waals surface area contributed by atoms with E-state index in [1.165, 1.54) is 36.8 Å². The van der Waals surface area contributed by atoms with Gasteiger partial charge >= 0.3 is 0 Å². The number of hydrogen-bond acceptors (Lipinski definition) is 0. The molecule has 2 aromatic rings. The molecule has 0 spiro atoms. The maximum absolute atomic E-state index is 2.35. The van der Waals surface area contributed by atoms with Crippen molar-refractivity contribution in [2.75, 3.05) is 0 Å². The molecule has 114 valence electrons. The van der Waals surface area contributed by atoms with E-state index in [0.29, 0.717) is 5.92 Å². The average Bonchev–Trinajstić information content (AvgIpc) is 2.84. The molecule has 1 aliphatic rings. The fourth-order valence-electron chi connectivity index (χ4n) is 3.87. The van der Waals surface area contributed by atoms with Gasteiger partial charge in [0.2, 0.25) is 0 Å². The van der Waals surface area contributed by atoms with Crippen molar-refractivity contribution in [2.24, 2.45) is 0 Å². The van der Waals surface area contributed by atoms with Crippen LogP contribution in [0.2, 0.25) is 0 Å². The van der Waals surface area contributed by atoms with Crippen LogP contribution in [0.3, 0.4) is 0 Å². The van der Waals surface area contributed by atoms with Crippen molar-refractivity contribution in [3.05, 3.63) is 76.9 Å². The van der Waals surface area contributed by atoms with Crippen molar-refractivity contribution in [2.45, 2.75) is 51.9 Å². The van der Waals surface area contributed by atoms with Gasteiger partial charge in [-0.2, -0.15) is 0 Å². The fourth-order valence-corrected chi connectivity index (χ4v) is 3.87. The quantitative estimate of drug-likeness (QED) is 0.579. The van der Waals surface area contributed by atoms with Crippen LogP contribution in [0, 0.1) is 0 Å². The van der Waals surface area contributed by atoms with Crippen LogP contribution in [0.1, 0.15) is 62.1 Å². The van der Waals surface area contributed by atoms with Gasteiger partial charge in [-0.05, 0) is 41.5 Å². The van der Waals surface area contributed by atoms with E-state index in [2.05, 4.69) is 68.4 Å². The number of rotatable bonds is 6. The van der Waals surface area contributed by atoms with E-state index in [4.69, 9.17) is 0 Å². The van der Waals surface area contributed by atoms with E-state index in [9.17, 15) is 0 Å². The SMILES string of the molecule is CCCC1=C(CCC)C(Cc2ccccc2)c2ccccc21. The average molecular weight is 290 g/mol. The van der Waals surface area contributed by atoms with Crippen molar-refractivity contribution in [3.63, 3.8) is 0 Å². The van der Waals surface area contributed by atoms with Gasteiger partial charge in [-0.15, -0.1) is 0 Å². The summed E-state index contributed by atoms with van der Waals surface area (Å²) in [5, 5.41) is 0. The number of hydrogen-bond donors (Lipinski definition) is 0. The molecule has 22 heavy (non-hydrogen) atoms. The molecular weight excluding hydrogens is 264 g/mol. The third kappa shape index (κ3) is 2.88. The molecule has 0 bridgehead atoms. The Balaban J connectivity index is 2.02. The molecule has 0 aliphatic heterocycles. The van der Waals surface area contributed by atoms with Crippen molar-refractivity contribution >= 4 is 5.57 Å². The van der Waals surface area contributed by atoms with Crippen LogP contribution in [0.25, 0.3) is 5.57 Å². The Kier molecular flexibility index (Phi) is 4.77. The van der Waals surface area contributed by atoms with Gasteiger partial charge in [0.25, 0.3) is 0 Å². The van der Waals surface area contributed by atoms with Gasteiger partial charge in [0, 0.05) is 5.92 Å². The van der Waals surface area contributed by atoms with Crippen LogP contribution >= 0.6 is 0 Å². The summed E-state index contributed by atoms with van der Waals surface area (Å²) < 4.78 is 0. The van der Waals surface area contributed by atoms with Crippen LogP contribution in [0.4, 0.5) is 0 Å². The lowest BCUT2D eigenvalue weighted by molar-refractivity contribution is 0.736. The molecule has 3 rings (SSSR count). The van der Waals surface area contributed by atoms with Crippen LogP contribution in [-0.4, -0.2) is 0 Å². The first-order chi connectivity index (χ1) is 10.8. The van der Waals surface area contributed by atoms with Crippen molar-refractivity contribution in [3.8, 4) is 0 Å². The predicted molar refractivity (Wildman–Crippen MR) is 96.1 cm³/mol. The molecule has 2 aromatic carbocycles. The molecule has 1 atom stereocenters. The smallest absolute Gasteiger partial charge is 0.0101 e. The second kappa shape index (κ2) is 6.96. The minimum absolute atomic E-state index is 0.583. The second-order valence-corrected chi connectivity index (χ2v) is 6.33. The standard InChI is InChI=1S/C22H26/c1-3-10-18-19(11-4-2)22(16-17-12-6-5-7-13-17)21-15-9-8-14-20(18)21/h5-9,12-15,22H,3-4,10-11,16H2,1-2H3. The van der Waals surface area contributed by atoms with E-state index < -0.39 is 0 Å². The lowest BCUT2D eigenvalue weighted by Crippen LogP contribution is -2.03. The Morgan fingerprint density at radius 1 is 0.773 bits per heavy atom. The summed E-state index contributed by atoms with van der Waals surface area (Å²) in [6, 6.07) is 20.0. The summed E-state index contributed by atoms with van der Waals surface area (Å²) in [5.74, 6) is 0.583. The van der Waals surface area contributed by atoms with Crippen LogP contribution in [-0.2, 0) is 6.42 Å². The lowest BCUT2D eigenvalue weighted by atomic mass is 9.87. The molecule has 0 saturated heterocycles. The first kappa shape index (κ1) is 15.1. The summed E-state index contributed by atoms with van der Waals surface area (Å²) in [6.07, 6.45) is 6.07. The van der Waals surface area contributed by atoms with E-state index in [-0.39, 0.29) is 0 Å². The van der Waals surface area contributed by atoms with Crippen molar-refractivity contribution in [1.29, 1.82) is 0 Å². The molecule has 0 fully saturated rings.